The largest absolute Gasteiger partial charge is 0.505 e. The van der Waals surface area contributed by atoms with E-state index in [9.17, 15) is 13.6 Å². The fourth-order valence-corrected chi connectivity index (χ4v) is 1.03. The van der Waals surface area contributed by atoms with Crippen LogP contribution in [-0.2, 0) is 0 Å². The second-order valence-electron chi connectivity index (χ2n) is 2.33. The maximum atomic E-state index is 12.2. The normalized spacial score (nSPS) is 10.6. The van der Waals surface area contributed by atoms with Gasteiger partial charge >= 0.3 is 5.97 Å². The van der Waals surface area contributed by atoms with Crippen molar-refractivity contribution in [2.75, 3.05) is 0 Å². The first-order valence-electron chi connectivity index (χ1n) is 3.34. The number of rotatable bonds is 2. The predicted molar refractivity (Wildman–Crippen MR) is 42.8 cm³/mol. The molecule has 76 valence electrons. The maximum Gasteiger partial charge on any atom is 0.358 e. The average Bonchev–Trinajstić information content (AvgIpc) is 2.02. The number of nitrogens with zero attached hydrogens (tertiary/aromatic N) is 1. The molecule has 0 spiro atoms. The van der Waals surface area contributed by atoms with Crippen molar-refractivity contribution in [1.29, 1.82) is 0 Å². The molecule has 0 amide bonds. The molecule has 14 heavy (non-hydrogen) atoms. The van der Waals surface area contributed by atoms with Crippen LogP contribution in [0.5, 0.6) is 5.75 Å². The number of aromatic carboxylic acids is 1. The monoisotopic (exact) mass is 223 g/mol. The number of carboxylic acid groups (broad SMARTS) is 1. The van der Waals surface area contributed by atoms with E-state index in [-0.39, 0.29) is 0 Å². The quantitative estimate of drug-likeness (QED) is 0.805. The number of aromatic hydroxyl groups is 1. The molecular weight excluding hydrogens is 220 g/mol. The summed E-state index contributed by atoms with van der Waals surface area (Å²) in [6.45, 7) is 0. The van der Waals surface area contributed by atoms with E-state index in [1.807, 2.05) is 0 Å². The summed E-state index contributed by atoms with van der Waals surface area (Å²) in [4.78, 5) is 13.4. The van der Waals surface area contributed by atoms with Gasteiger partial charge in [-0.2, -0.15) is 0 Å². The molecule has 0 aliphatic heterocycles. The lowest BCUT2D eigenvalue weighted by Gasteiger charge is -2.04. The Morgan fingerprint density at radius 3 is 2.57 bits per heavy atom. The standard InChI is InChI=1S/C7H4ClF2NO3/c8-2-1-3(12)5(7(13)14)11-4(2)6(9)10/h1,6,12H,(H,13,14). The molecule has 0 aliphatic rings. The summed E-state index contributed by atoms with van der Waals surface area (Å²) in [6, 6.07) is 0.722. The molecule has 0 atom stereocenters. The van der Waals surface area contributed by atoms with Gasteiger partial charge in [-0.05, 0) is 0 Å². The molecule has 1 rings (SSSR count). The molecule has 1 aromatic rings. The Kier molecular flexibility index (Phi) is 2.85. The number of carbonyl (C=O) groups is 1. The highest BCUT2D eigenvalue weighted by molar-refractivity contribution is 6.31. The van der Waals surface area contributed by atoms with Gasteiger partial charge < -0.3 is 10.2 Å². The highest BCUT2D eigenvalue weighted by atomic mass is 35.5. The summed E-state index contributed by atoms with van der Waals surface area (Å²) in [6.07, 6.45) is -2.99. The molecule has 4 nitrogen and oxygen atoms in total. The van der Waals surface area contributed by atoms with Crippen molar-refractivity contribution in [3.05, 3.63) is 22.5 Å². The first kappa shape index (κ1) is 10.6. The summed E-state index contributed by atoms with van der Waals surface area (Å²) in [7, 11) is 0. The van der Waals surface area contributed by atoms with E-state index in [2.05, 4.69) is 4.98 Å². The van der Waals surface area contributed by atoms with Crippen LogP contribution in [0.2, 0.25) is 5.02 Å². The number of alkyl halides is 2. The highest BCUT2D eigenvalue weighted by Crippen LogP contribution is 2.29. The van der Waals surface area contributed by atoms with E-state index in [0.29, 0.717) is 0 Å². The Hall–Kier alpha value is -1.43. The van der Waals surface area contributed by atoms with Crippen molar-refractivity contribution < 1.29 is 23.8 Å². The van der Waals surface area contributed by atoms with Gasteiger partial charge in [-0.25, -0.2) is 18.6 Å². The second-order valence-corrected chi connectivity index (χ2v) is 2.74. The third-order valence-electron chi connectivity index (χ3n) is 1.39. The lowest BCUT2D eigenvalue weighted by Crippen LogP contribution is -2.04. The van der Waals surface area contributed by atoms with Crippen LogP contribution >= 0.6 is 11.6 Å². The van der Waals surface area contributed by atoms with E-state index < -0.39 is 34.6 Å². The fraction of sp³-hybridized carbons (Fsp3) is 0.143. The molecule has 1 aromatic heterocycles. The van der Waals surface area contributed by atoms with Crippen LogP contribution in [-0.4, -0.2) is 21.2 Å². The van der Waals surface area contributed by atoms with Crippen LogP contribution in [0, 0.1) is 0 Å². The van der Waals surface area contributed by atoms with Gasteiger partial charge in [-0.3, -0.25) is 0 Å². The molecule has 0 radical (unpaired) electrons. The topological polar surface area (TPSA) is 70.4 Å². The summed E-state index contributed by atoms with van der Waals surface area (Å²) < 4.78 is 24.4. The number of hydrogen-bond acceptors (Lipinski definition) is 3. The van der Waals surface area contributed by atoms with Gasteiger partial charge in [0.25, 0.3) is 6.43 Å². The van der Waals surface area contributed by atoms with Crippen molar-refractivity contribution in [2.24, 2.45) is 0 Å². The fourth-order valence-electron chi connectivity index (χ4n) is 0.804. The van der Waals surface area contributed by atoms with Gasteiger partial charge in [-0.1, -0.05) is 11.6 Å². The van der Waals surface area contributed by atoms with Gasteiger partial charge in [0.15, 0.2) is 5.69 Å². The predicted octanol–water partition coefficient (Wildman–Crippen LogP) is 2.08. The second kappa shape index (κ2) is 3.75. The smallest absolute Gasteiger partial charge is 0.358 e. The number of halogens is 3. The minimum Gasteiger partial charge on any atom is -0.505 e. The van der Waals surface area contributed by atoms with Gasteiger partial charge in [0.1, 0.15) is 11.4 Å². The van der Waals surface area contributed by atoms with Crippen LogP contribution < -0.4 is 0 Å². The number of aromatic nitrogens is 1. The summed E-state index contributed by atoms with van der Waals surface area (Å²) in [5.41, 5.74) is -1.70. The van der Waals surface area contributed by atoms with E-state index in [0.717, 1.165) is 6.07 Å². The van der Waals surface area contributed by atoms with E-state index >= 15 is 0 Å². The number of carboxylic acids is 1. The van der Waals surface area contributed by atoms with Crippen molar-refractivity contribution in [3.8, 4) is 5.75 Å². The molecule has 1 heterocycles. The molecule has 0 unspecified atom stereocenters. The van der Waals surface area contributed by atoms with Crippen molar-refractivity contribution >= 4 is 17.6 Å². The van der Waals surface area contributed by atoms with Crippen molar-refractivity contribution in [2.45, 2.75) is 6.43 Å². The van der Waals surface area contributed by atoms with Crippen molar-refractivity contribution in [1.82, 2.24) is 4.98 Å². The third-order valence-corrected chi connectivity index (χ3v) is 1.70. The molecular formula is C7H4ClF2NO3. The molecule has 0 aromatic carbocycles. The zero-order valence-electron chi connectivity index (χ0n) is 6.54. The summed E-state index contributed by atoms with van der Waals surface area (Å²) in [5, 5.41) is 17.0. The van der Waals surface area contributed by atoms with Gasteiger partial charge in [0.05, 0.1) is 5.02 Å². The lowest BCUT2D eigenvalue weighted by atomic mass is 10.3. The van der Waals surface area contributed by atoms with E-state index in [1.54, 1.807) is 0 Å². The summed E-state index contributed by atoms with van der Waals surface area (Å²) in [5.74, 6) is -2.34. The van der Waals surface area contributed by atoms with Crippen molar-refractivity contribution in [3.63, 3.8) is 0 Å². The molecule has 7 heteroatoms. The zero-order chi connectivity index (χ0) is 10.9. The van der Waals surface area contributed by atoms with Gasteiger partial charge in [0.2, 0.25) is 0 Å². The Balaban J connectivity index is 3.34. The SMILES string of the molecule is O=C(O)c1nc(C(F)F)c(Cl)cc1O. The van der Waals surface area contributed by atoms with Crippen LogP contribution in [0.4, 0.5) is 8.78 Å². The van der Waals surface area contributed by atoms with Crippen LogP contribution in [0.25, 0.3) is 0 Å². The molecule has 0 aliphatic carbocycles. The first-order valence-corrected chi connectivity index (χ1v) is 3.72. The minimum atomic E-state index is -2.99. The lowest BCUT2D eigenvalue weighted by molar-refractivity contribution is 0.0685. The summed E-state index contributed by atoms with van der Waals surface area (Å²) >= 11 is 5.31. The molecule has 0 fully saturated rings. The molecule has 0 saturated carbocycles. The number of pyridine rings is 1. The molecule has 0 bridgehead atoms. The molecule has 0 saturated heterocycles. The third kappa shape index (κ3) is 1.90. The highest BCUT2D eigenvalue weighted by Gasteiger charge is 2.20. The van der Waals surface area contributed by atoms with E-state index in [4.69, 9.17) is 21.8 Å². The van der Waals surface area contributed by atoms with Crippen LogP contribution in [0.15, 0.2) is 6.07 Å². The first-order chi connectivity index (χ1) is 6.43. The zero-order valence-corrected chi connectivity index (χ0v) is 7.29. The Bertz CT molecular complexity index is 383. The van der Waals surface area contributed by atoms with Gasteiger partial charge in [-0.15, -0.1) is 0 Å². The average molecular weight is 224 g/mol. The molecule has 2 N–H and O–H groups in total. The van der Waals surface area contributed by atoms with Crippen LogP contribution in [0.3, 0.4) is 0 Å². The Labute approximate surface area is 81.8 Å². The Morgan fingerprint density at radius 2 is 2.14 bits per heavy atom. The minimum absolute atomic E-state index is 0.470. The van der Waals surface area contributed by atoms with E-state index in [1.165, 1.54) is 0 Å². The number of hydrogen-bond donors (Lipinski definition) is 2. The van der Waals surface area contributed by atoms with Gasteiger partial charge in [0, 0.05) is 6.07 Å². The van der Waals surface area contributed by atoms with Crippen LogP contribution in [0.1, 0.15) is 22.6 Å². The maximum absolute atomic E-state index is 12.2. The Morgan fingerprint density at radius 1 is 1.57 bits per heavy atom.